The van der Waals surface area contributed by atoms with E-state index >= 15 is 0 Å². The van der Waals surface area contributed by atoms with E-state index in [0.717, 1.165) is 0 Å². The summed E-state index contributed by atoms with van der Waals surface area (Å²) in [4.78, 5) is 0. The Bertz CT molecular complexity index is 331. The number of allylic oxidation sites excluding steroid dienone is 7. The summed E-state index contributed by atoms with van der Waals surface area (Å²) in [5.74, 6) is 0.476. The summed E-state index contributed by atoms with van der Waals surface area (Å²) in [5.41, 5.74) is 4.18. The highest BCUT2D eigenvalue weighted by Crippen LogP contribution is 2.33. The van der Waals surface area contributed by atoms with Gasteiger partial charge in [-0.25, -0.2) is 0 Å². The van der Waals surface area contributed by atoms with E-state index in [4.69, 9.17) is 0 Å². The number of rotatable bonds is 2. The zero-order valence-electron chi connectivity index (χ0n) is 10.6. The Balaban J connectivity index is 2.95. The summed E-state index contributed by atoms with van der Waals surface area (Å²) < 4.78 is 0. The van der Waals surface area contributed by atoms with Crippen molar-refractivity contribution < 1.29 is 0 Å². The fourth-order valence-electron chi connectivity index (χ4n) is 1.77. The molecule has 0 heterocycles. The van der Waals surface area contributed by atoms with Crippen LogP contribution in [-0.2, 0) is 0 Å². The summed E-state index contributed by atoms with van der Waals surface area (Å²) in [5, 5.41) is 0. The topological polar surface area (TPSA) is 0 Å². The molecule has 1 aliphatic rings. The van der Waals surface area contributed by atoms with Gasteiger partial charge in [0.1, 0.15) is 0 Å². The quantitative estimate of drug-likeness (QED) is 0.571. The van der Waals surface area contributed by atoms with E-state index in [9.17, 15) is 0 Å². The molecule has 1 aliphatic carbocycles. The van der Waals surface area contributed by atoms with Crippen LogP contribution in [0, 0.1) is 11.3 Å². The molecule has 15 heavy (non-hydrogen) atoms. The number of hydrogen-bond acceptors (Lipinski definition) is 0. The third kappa shape index (κ3) is 2.71. The van der Waals surface area contributed by atoms with E-state index in [1.807, 2.05) is 0 Å². The molecule has 0 aromatic carbocycles. The van der Waals surface area contributed by atoms with Crippen molar-refractivity contribution in [3.63, 3.8) is 0 Å². The lowest BCUT2D eigenvalue weighted by Gasteiger charge is -2.25. The molecule has 0 N–H and O–H groups in total. The van der Waals surface area contributed by atoms with Gasteiger partial charge in [-0.1, -0.05) is 57.2 Å². The maximum atomic E-state index is 4.21. The smallest absolute Gasteiger partial charge is 0.0166 e. The molecule has 0 aromatic rings. The van der Waals surface area contributed by atoms with Crippen molar-refractivity contribution in [2.75, 3.05) is 0 Å². The van der Waals surface area contributed by atoms with Gasteiger partial charge in [-0.3, -0.25) is 0 Å². The lowest BCUT2D eigenvalue weighted by molar-refractivity contribution is 0.510. The van der Waals surface area contributed by atoms with Gasteiger partial charge in [-0.2, -0.15) is 0 Å². The third-order valence-corrected chi connectivity index (χ3v) is 3.20. The summed E-state index contributed by atoms with van der Waals surface area (Å²) in [7, 11) is 0. The molecule has 0 heteroatoms. The van der Waals surface area contributed by atoms with Gasteiger partial charge in [0.2, 0.25) is 0 Å². The molecule has 0 saturated heterocycles. The van der Waals surface area contributed by atoms with E-state index in [1.54, 1.807) is 0 Å². The van der Waals surface area contributed by atoms with Crippen LogP contribution in [0.4, 0.5) is 0 Å². The van der Waals surface area contributed by atoms with Crippen molar-refractivity contribution in [1.29, 1.82) is 0 Å². The van der Waals surface area contributed by atoms with Gasteiger partial charge in [-0.05, 0) is 30.4 Å². The minimum atomic E-state index is 0.164. The third-order valence-electron chi connectivity index (χ3n) is 3.20. The fourth-order valence-corrected chi connectivity index (χ4v) is 1.77. The first-order chi connectivity index (χ1) is 6.84. The first-order valence-electron chi connectivity index (χ1n) is 5.56. The monoisotopic (exact) mass is 202 g/mol. The average molecular weight is 202 g/mol. The maximum Gasteiger partial charge on any atom is 0.0166 e. The molecule has 0 atom stereocenters. The predicted octanol–water partition coefficient (Wildman–Crippen LogP) is 4.67. The molecule has 0 bridgehead atoms. The average Bonchev–Trinajstić information content (AvgIpc) is 2.65. The van der Waals surface area contributed by atoms with Gasteiger partial charge in [0.25, 0.3) is 0 Å². The van der Waals surface area contributed by atoms with Crippen LogP contribution >= 0.6 is 0 Å². The van der Waals surface area contributed by atoms with Crippen molar-refractivity contribution in [3.8, 4) is 0 Å². The Morgan fingerprint density at radius 2 is 1.53 bits per heavy atom. The van der Waals surface area contributed by atoms with Gasteiger partial charge in [0.15, 0.2) is 0 Å². The minimum Gasteiger partial charge on any atom is -0.0950 e. The van der Waals surface area contributed by atoms with Crippen molar-refractivity contribution in [2.45, 2.75) is 34.6 Å². The molecule has 0 spiro atoms. The lowest BCUT2D eigenvalue weighted by Crippen LogP contribution is -2.11. The molecule has 0 fully saturated rings. The van der Waals surface area contributed by atoms with Crippen molar-refractivity contribution in [2.24, 2.45) is 11.3 Å². The van der Waals surface area contributed by atoms with Crippen molar-refractivity contribution in [3.05, 3.63) is 47.6 Å². The second-order valence-electron chi connectivity index (χ2n) is 5.33. The van der Waals surface area contributed by atoms with E-state index < -0.39 is 0 Å². The fraction of sp³-hybridized carbons (Fsp3) is 0.467. The summed E-state index contributed by atoms with van der Waals surface area (Å²) in [6, 6.07) is 0. The molecular formula is C15H22. The first kappa shape index (κ1) is 12.0. The molecule has 0 radical (unpaired) electrons. The largest absolute Gasteiger partial charge is 0.0950 e. The predicted molar refractivity (Wildman–Crippen MR) is 68.7 cm³/mol. The molecule has 0 aromatic heterocycles. The standard InChI is InChI=1S/C15H22/c1-11(13(3)15(4,5)6)12(2)14-9-7-8-10-14/h7-10,14H,3H2,1-2,4-6H3. The summed E-state index contributed by atoms with van der Waals surface area (Å²) in [6.07, 6.45) is 8.69. The van der Waals surface area contributed by atoms with Crippen LogP contribution in [0.5, 0.6) is 0 Å². The van der Waals surface area contributed by atoms with Crippen LogP contribution in [0.3, 0.4) is 0 Å². The maximum absolute atomic E-state index is 4.21. The van der Waals surface area contributed by atoms with Crippen LogP contribution in [0.2, 0.25) is 0 Å². The highest BCUT2D eigenvalue weighted by molar-refractivity contribution is 5.40. The second kappa shape index (κ2) is 4.22. The molecular weight excluding hydrogens is 180 g/mol. The van der Waals surface area contributed by atoms with Crippen molar-refractivity contribution in [1.82, 2.24) is 0 Å². The number of hydrogen-bond donors (Lipinski definition) is 0. The van der Waals surface area contributed by atoms with E-state index in [-0.39, 0.29) is 5.41 Å². The van der Waals surface area contributed by atoms with Gasteiger partial charge < -0.3 is 0 Å². The van der Waals surface area contributed by atoms with E-state index in [0.29, 0.717) is 5.92 Å². The van der Waals surface area contributed by atoms with Gasteiger partial charge >= 0.3 is 0 Å². The van der Waals surface area contributed by atoms with Gasteiger partial charge in [0, 0.05) is 5.92 Å². The summed E-state index contributed by atoms with van der Waals surface area (Å²) in [6.45, 7) is 15.2. The normalized spacial score (nSPS) is 18.2. The Hall–Kier alpha value is -1.04. The Kier molecular flexibility index (Phi) is 3.38. The molecule has 82 valence electrons. The molecule has 0 saturated carbocycles. The zero-order chi connectivity index (χ0) is 11.6. The zero-order valence-corrected chi connectivity index (χ0v) is 10.6. The van der Waals surface area contributed by atoms with E-state index in [1.165, 1.54) is 16.7 Å². The Morgan fingerprint density at radius 3 is 1.93 bits per heavy atom. The van der Waals surface area contributed by atoms with Gasteiger partial charge in [-0.15, -0.1) is 0 Å². The van der Waals surface area contributed by atoms with Crippen molar-refractivity contribution >= 4 is 0 Å². The van der Waals surface area contributed by atoms with Crippen LogP contribution in [-0.4, -0.2) is 0 Å². The van der Waals surface area contributed by atoms with Crippen LogP contribution in [0.25, 0.3) is 0 Å². The van der Waals surface area contributed by atoms with E-state index in [2.05, 4.69) is 65.5 Å². The lowest BCUT2D eigenvalue weighted by atomic mass is 9.80. The molecule has 1 rings (SSSR count). The minimum absolute atomic E-state index is 0.164. The highest BCUT2D eigenvalue weighted by Gasteiger charge is 2.19. The Labute approximate surface area is 94.1 Å². The SMILES string of the molecule is C=C(C(C)=C(C)C1C=CC=C1)C(C)(C)C. The van der Waals surface area contributed by atoms with Crippen LogP contribution in [0.1, 0.15) is 34.6 Å². The highest BCUT2D eigenvalue weighted by atomic mass is 14.2. The van der Waals surface area contributed by atoms with Crippen LogP contribution < -0.4 is 0 Å². The molecule has 0 nitrogen and oxygen atoms in total. The first-order valence-corrected chi connectivity index (χ1v) is 5.56. The molecule has 0 amide bonds. The summed E-state index contributed by atoms with van der Waals surface area (Å²) >= 11 is 0. The van der Waals surface area contributed by atoms with Gasteiger partial charge in [0.05, 0.1) is 0 Å². The second-order valence-corrected chi connectivity index (χ2v) is 5.33. The Morgan fingerprint density at radius 1 is 1.07 bits per heavy atom. The molecule has 0 unspecified atom stereocenters. The van der Waals surface area contributed by atoms with Crippen LogP contribution in [0.15, 0.2) is 47.6 Å². The molecule has 0 aliphatic heterocycles.